The molecule has 1 fully saturated rings. The summed E-state index contributed by atoms with van der Waals surface area (Å²) < 4.78 is 5.20. The van der Waals surface area contributed by atoms with Crippen LogP contribution < -0.4 is 0 Å². The molecule has 1 atom stereocenters. The molecule has 1 heterocycles. The van der Waals surface area contributed by atoms with Crippen LogP contribution in [-0.4, -0.2) is 12.2 Å². The van der Waals surface area contributed by atoms with Crippen LogP contribution in [0.3, 0.4) is 0 Å². The Labute approximate surface area is 44.7 Å². The van der Waals surface area contributed by atoms with E-state index in [1.807, 2.05) is 0 Å². The minimum absolute atomic E-state index is 0.153. The van der Waals surface area contributed by atoms with Gasteiger partial charge in [0.2, 0.25) is 0 Å². The Morgan fingerprint density at radius 3 is 2.43 bits per heavy atom. The first kappa shape index (κ1) is 5.10. The molecule has 1 radical (unpaired) electrons. The Bertz CT molecular complexity index is 59.1. The Morgan fingerprint density at radius 1 is 1.86 bits per heavy atom. The molecule has 0 aliphatic carbocycles. The molecule has 41 valence electrons. The topological polar surface area (TPSA) is 9.23 Å². The predicted octanol–water partition coefficient (Wildman–Crippen LogP) is 1.39. The molecule has 7 heavy (non-hydrogen) atoms. The van der Waals surface area contributed by atoms with Crippen molar-refractivity contribution in [2.75, 3.05) is 6.61 Å². The fourth-order valence-electron chi connectivity index (χ4n) is 0.648. The van der Waals surface area contributed by atoms with E-state index >= 15 is 0 Å². The lowest BCUT2D eigenvalue weighted by atomic mass is 9.95. The van der Waals surface area contributed by atoms with Crippen molar-refractivity contribution in [1.82, 2.24) is 0 Å². The van der Waals surface area contributed by atoms with Crippen LogP contribution in [0.25, 0.3) is 0 Å². The fraction of sp³-hybridized carbons (Fsp3) is 0.833. The van der Waals surface area contributed by atoms with E-state index in [4.69, 9.17) is 4.74 Å². The molecule has 0 spiro atoms. The van der Waals surface area contributed by atoms with Gasteiger partial charge in [-0.25, -0.2) is 0 Å². The molecule has 1 unspecified atom stereocenters. The maximum atomic E-state index is 5.20. The molecule has 1 aliphatic rings. The van der Waals surface area contributed by atoms with Crippen LogP contribution in [-0.2, 0) is 4.74 Å². The van der Waals surface area contributed by atoms with Gasteiger partial charge in [0.05, 0.1) is 12.2 Å². The zero-order valence-corrected chi connectivity index (χ0v) is 4.74. The highest BCUT2D eigenvalue weighted by atomic mass is 16.5. The van der Waals surface area contributed by atoms with Gasteiger partial charge < -0.3 is 4.74 Å². The lowest BCUT2D eigenvalue weighted by Gasteiger charge is -2.37. The molecule has 1 nitrogen and oxygen atoms in total. The van der Waals surface area contributed by atoms with E-state index < -0.39 is 0 Å². The summed E-state index contributed by atoms with van der Waals surface area (Å²) in [5, 5.41) is 0. The second kappa shape index (κ2) is 1.48. The molecular weight excluding hydrogens is 88.1 g/mol. The van der Waals surface area contributed by atoms with Crippen LogP contribution in [0.4, 0.5) is 0 Å². The van der Waals surface area contributed by atoms with Gasteiger partial charge in [0.15, 0.2) is 0 Å². The highest BCUT2D eigenvalue weighted by Gasteiger charge is 2.30. The van der Waals surface area contributed by atoms with E-state index in [1.54, 1.807) is 0 Å². The quantitative estimate of drug-likeness (QED) is 0.482. The van der Waals surface area contributed by atoms with Gasteiger partial charge in [-0.1, -0.05) is 6.92 Å². The molecule has 0 amide bonds. The maximum Gasteiger partial charge on any atom is 0.0676 e. The molecule has 0 N–H and O–H groups in total. The van der Waals surface area contributed by atoms with Crippen molar-refractivity contribution in [1.29, 1.82) is 0 Å². The number of hydrogen-bond acceptors (Lipinski definition) is 1. The predicted molar refractivity (Wildman–Crippen MR) is 28.9 cm³/mol. The first-order valence-corrected chi connectivity index (χ1v) is 2.70. The molecule has 0 aromatic rings. The minimum atomic E-state index is 0.153. The lowest BCUT2D eigenvalue weighted by Crippen LogP contribution is -2.39. The normalized spacial score (nSPS) is 40.3. The van der Waals surface area contributed by atoms with E-state index in [-0.39, 0.29) is 5.60 Å². The van der Waals surface area contributed by atoms with Gasteiger partial charge in [-0.3, -0.25) is 0 Å². The van der Waals surface area contributed by atoms with Crippen LogP contribution in [0, 0.1) is 6.92 Å². The van der Waals surface area contributed by atoms with E-state index in [2.05, 4.69) is 13.8 Å². The molecule has 0 bridgehead atoms. The number of hydrogen-bond donors (Lipinski definition) is 0. The van der Waals surface area contributed by atoms with Gasteiger partial charge in [-0.05, 0) is 19.8 Å². The van der Waals surface area contributed by atoms with E-state index in [0.29, 0.717) is 0 Å². The molecule has 1 heteroatoms. The first-order chi connectivity index (χ1) is 3.27. The summed E-state index contributed by atoms with van der Waals surface area (Å²) in [6, 6.07) is 0. The van der Waals surface area contributed by atoms with E-state index in [9.17, 15) is 0 Å². The Balaban J connectivity index is 2.29. The van der Waals surface area contributed by atoms with Crippen LogP contribution in [0.2, 0.25) is 0 Å². The van der Waals surface area contributed by atoms with Crippen LogP contribution >= 0.6 is 0 Å². The molecule has 0 aromatic heterocycles. The monoisotopic (exact) mass is 99.1 g/mol. The van der Waals surface area contributed by atoms with Gasteiger partial charge >= 0.3 is 0 Å². The van der Waals surface area contributed by atoms with Crippen LogP contribution in [0.15, 0.2) is 0 Å². The van der Waals surface area contributed by atoms with E-state index in [0.717, 1.165) is 13.0 Å². The molecule has 0 aromatic carbocycles. The third-order valence-electron chi connectivity index (χ3n) is 1.61. The average molecular weight is 99.2 g/mol. The summed E-state index contributed by atoms with van der Waals surface area (Å²) in [5.41, 5.74) is 0.153. The zero-order chi connectivity index (χ0) is 5.33. The SMILES string of the molecule is [CH2]CC1(C)CCO1. The third-order valence-corrected chi connectivity index (χ3v) is 1.61. The molecular formula is C6H11O. The Hall–Kier alpha value is -0.0400. The molecule has 0 saturated carbocycles. The molecule has 1 rings (SSSR count). The van der Waals surface area contributed by atoms with Gasteiger partial charge in [0.25, 0.3) is 0 Å². The summed E-state index contributed by atoms with van der Waals surface area (Å²) in [5.74, 6) is 0. The second-order valence-corrected chi connectivity index (χ2v) is 2.30. The summed E-state index contributed by atoms with van der Waals surface area (Å²) >= 11 is 0. The van der Waals surface area contributed by atoms with Crippen molar-refractivity contribution < 1.29 is 4.74 Å². The van der Waals surface area contributed by atoms with E-state index in [1.165, 1.54) is 6.42 Å². The number of ether oxygens (including phenoxy) is 1. The molecule has 1 saturated heterocycles. The first-order valence-electron chi connectivity index (χ1n) is 2.70. The van der Waals surface area contributed by atoms with Crippen molar-refractivity contribution in [2.45, 2.75) is 25.4 Å². The second-order valence-electron chi connectivity index (χ2n) is 2.30. The average Bonchev–Trinajstić information content (AvgIpc) is 1.61. The highest BCUT2D eigenvalue weighted by Crippen LogP contribution is 2.27. The summed E-state index contributed by atoms with van der Waals surface area (Å²) in [7, 11) is 0. The third kappa shape index (κ3) is 0.778. The largest absolute Gasteiger partial charge is 0.375 e. The Morgan fingerprint density at radius 2 is 2.43 bits per heavy atom. The van der Waals surface area contributed by atoms with Crippen molar-refractivity contribution in [3.05, 3.63) is 6.92 Å². The highest BCUT2D eigenvalue weighted by molar-refractivity contribution is 4.82. The van der Waals surface area contributed by atoms with Crippen molar-refractivity contribution in [3.63, 3.8) is 0 Å². The number of rotatable bonds is 1. The van der Waals surface area contributed by atoms with Crippen molar-refractivity contribution in [3.8, 4) is 0 Å². The summed E-state index contributed by atoms with van der Waals surface area (Å²) in [4.78, 5) is 0. The standard InChI is InChI=1S/C6H11O/c1-3-6(2)4-5-7-6/h1,3-5H2,2H3. The zero-order valence-electron chi connectivity index (χ0n) is 4.74. The van der Waals surface area contributed by atoms with Crippen molar-refractivity contribution >= 4 is 0 Å². The molecule has 1 aliphatic heterocycles. The smallest absolute Gasteiger partial charge is 0.0676 e. The lowest BCUT2D eigenvalue weighted by molar-refractivity contribution is -0.131. The fourth-order valence-corrected chi connectivity index (χ4v) is 0.648. The van der Waals surface area contributed by atoms with Crippen LogP contribution in [0.5, 0.6) is 0 Å². The summed E-state index contributed by atoms with van der Waals surface area (Å²) in [6.07, 6.45) is 2.10. The summed E-state index contributed by atoms with van der Waals surface area (Å²) in [6.45, 7) is 6.79. The van der Waals surface area contributed by atoms with Crippen LogP contribution in [0.1, 0.15) is 19.8 Å². The maximum absolute atomic E-state index is 5.20. The Kier molecular flexibility index (Phi) is 1.08. The van der Waals surface area contributed by atoms with Gasteiger partial charge in [-0.2, -0.15) is 0 Å². The van der Waals surface area contributed by atoms with Gasteiger partial charge in [-0.15, -0.1) is 0 Å². The van der Waals surface area contributed by atoms with Gasteiger partial charge in [0, 0.05) is 0 Å². The minimum Gasteiger partial charge on any atom is -0.375 e. The van der Waals surface area contributed by atoms with Crippen molar-refractivity contribution in [2.24, 2.45) is 0 Å². The van der Waals surface area contributed by atoms with Gasteiger partial charge in [0.1, 0.15) is 0 Å².